The van der Waals surface area contributed by atoms with E-state index in [2.05, 4.69) is 15.2 Å². The third kappa shape index (κ3) is 2.15. The lowest BCUT2D eigenvalue weighted by atomic mass is 10.0. The number of rotatable bonds is 1. The van der Waals surface area contributed by atoms with Crippen molar-refractivity contribution in [2.24, 2.45) is 0 Å². The van der Waals surface area contributed by atoms with Gasteiger partial charge in [-0.25, -0.2) is 0 Å². The number of alkyl halides is 3. The molecule has 90 valence electrons. The Morgan fingerprint density at radius 1 is 1.24 bits per heavy atom. The second kappa shape index (κ2) is 3.87. The molecule has 0 aliphatic rings. The van der Waals surface area contributed by atoms with E-state index in [1.54, 1.807) is 19.9 Å². The minimum Gasteiger partial charge on any atom is -0.282 e. The van der Waals surface area contributed by atoms with Gasteiger partial charge in [-0.1, -0.05) is 0 Å². The first kappa shape index (κ1) is 11.6. The van der Waals surface area contributed by atoms with E-state index in [9.17, 15) is 13.2 Å². The van der Waals surface area contributed by atoms with Crippen LogP contribution in [0.4, 0.5) is 13.2 Å². The summed E-state index contributed by atoms with van der Waals surface area (Å²) in [5.41, 5.74) is 1.67. The smallest absolute Gasteiger partial charge is 0.282 e. The van der Waals surface area contributed by atoms with Gasteiger partial charge in [-0.05, 0) is 31.5 Å². The van der Waals surface area contributed by atoms with Crippen LogP contribution in [0.3, 0.4) is 0 Å². The zero-order valence-electron chi connectivity index (χ0n) is 9.26. The van der Waals surface area contributed by atoms with Crippen molar-refractivity contribution in [1.82, 2.24) is 15.2 Å². The van der Waals surface area contributed by atoms with Gasteiger partial charge >= 0.3 is 6.18 Å². The third-order valence-electron chi connectivity index (χ3n) is 2.47. The Labute approximate surface area is 95.7 Å². The number of pyridine rings is 1. The largest absolute Gasteiger partial charge is 0.433 e. The number of aromatic nitrogens is 3. The van der Waals surface area contributed by atoms with Crippen LogP contribution in [0.15, 0.2) is 18.3 Å². The molecule has 6 heteroatoms. The van der Waals surface area contributed by atoms with Crippen molar-refractivity contribution in [3.63, 3.8) is 0 Å². The summed E-state index contributed by atoms with van der Waals surface area (Å²) >= 11 is 0. The van der Waals surface area contributed by atoms with Crippen LogP contribution in [0, 0.1) is 13.8 Å². The van der Waals surface area contributed by atoms with Crippen molar-refractivity contribution >= 4 is 0 Å². The molecular formula is C11H10F3N3. The summed E-state index contributed by atoms with van der Waals surface area (Å²) in [5, 5.41) is 6.70. The molecule has 2 aromatic rings. The lowest BCUT2D eigenvalue weighted by molar-refractivity contribution is -0.141. The standard InChI is InChI=1S/C11H10F3N3/c1-6-10(7(2)17-16-6)8-3-4-15-9(5-8)11(12,13)14/h3-5H,1-2H3,(H,16,17). The monoisotopic (exact) mass is 241 g/mol. The number of aryl methyl sites for hydroxylation is 2. The first-order chi connectivity index (χ1) is 7.89. The maximum absolute atomic E-state index is 12.5. The second-order valence-electron chi connectivity index (χ2n) is 3.74. The number of hydrogen-bond donors (Lipinski definition) is 1. The zero-order chi connectivity index (χ0) is 12.6. The molecule has 0 fully saturated rings. The molecular weight excluding hydrogens is 231 g/mol. The molecule has 0 aliphatic carbocycles. The van der Waals surface area contributed by atoms with E-state index in [1.807, 2.05) is 0 Å². The Morgan fingerprint density at radius 2 is 1.94 bits per heavy atom. The quantitative estimate of drug-likeness (QED) is 0.833. The van der Waals surface area contributed by atoms with Crippen LogP contribution in [0.2, 0.25) is 0 Å². The number of aromatic amines is 1. The molecule has 2 rings (SSSR count). The van der Waals surface area contributed by atoms with Crippen LogP contribution in [0.5, 0.6) is 0 Å². The van der Waals surface area contributed by atoms with Crippen molar-refractivity contribution in [3.05, 3.63) is 35.4 Å². The fourth-order valence-corrected chi connectivity index (χ4v) is 1.72. The van der Waals surface area contributed by atoms with Gasteiger partial charge in [-0.3, -0.25) is 10.1 Å². The molecule has 0 aromatic carbocycles. The summed E-state index contributed by atoms with van der Waals surface area (Å²) in [6, 6.07) is 2.57. The Balaban J connectivity index is 2.55. The van der Waals surface area contributed by atoms with Gasteiger partial charge in [-0.15, -0.1) is 0 Å². The number of halogens is 3. The molecule has 1 N–H and O–H groups in total. The van der Waals surface area contributed by atoms with Crippen molar-refractivity contribution in [2.75, 3.05) is 0 Å². The Hall–Kier alpha value is -1.85. The average molecular weight is 241 g/mol. The van der Waals surface area contributed by atoms with E-state index in [0.717, 1.165) is 18.0 Å². The van der Waals surface area contributed by atoms with Crippen LogP contribution >= 0.6 is 0 Å². The molecule has 17 heavy (non-hydrogen) atoms. The van der Waals surface area contributed by atoms with Crippen molar-refractivity contribution in [3.8, 4) is 11.1 Å². The van der Waals surface area contributed by atoms with Gasteiger partial charge < -0.3 is 0 Å². The minimum atomic E-state index is -4.43. The maximum Gasteiger partial charge on any atom is 0.433 e. The maximum atomic E-state index is 12.5. The van der Waals surface area contributed by atoms with Crippen LogP contribution in [0.25, 0.3) is 11.1 Å². The predicted octanol–water partition coefficient (Wildman–Crippen LogP) is 3.11. The fraction of sp³-hybridized carbons (Fsp3) is 0.273. The summed E-state index contributed by atoms with van der Waals surface area (Å²) in [5.74, 6) is 0. The summed E-state index contributed by atoms with van der Waals surface area (Å²) in [6.07, 6.45) is -3.27. The highest BCUT2D eigenvalue weighted by molar-refractivity contribution is 5.68. The van der Waals surface area contributed by atoms with Gasteiger partial charge in [0.1, 0.15) is 5.69 Å². The van der Waals surface area contributed by atoms with Gasteiger partial charge in [0.2, 0.25) is 0 Å². The molecule has 2 aromatic heterocycles. The Morgan fingerprint density at radius 3 is 2.47 bits per heavy atom. The first-order valence-electron chi connectivity index (χ1n) is 4.95. The van der Waals surface area contributed by atoms with Gasteiger partial charge in [0, 0.05) is 17.5 Å². The Bertz CT molecular complexity index is 524. The van der Waals surface area contributed by atoms with E-state index in [-0.39, 0.29) is 0 Å². The van der Waals surface area contributed by atoms with E-state index in [1.165, 1.54) is 0 Å². The van der Waals surface area contributed by atoms with Crippen molar-refractivity contribution in [2.45, 2.75) is 20.0 Å². The average Bonchev–Trinajstić information content (AvgIpc) is 2.57. The molecule has 0 atom stereocenters. The molecule has 3 nitrogen and oxygen atoms in total. The molecule has 0 saturated heterocycles. The van der Waals surface area contributed by atoms with Gasteiger partial charge in [0.05, 0.1) is 5.69 Å². The highest BCUT2D eigenvalue weighted by Crippen LogP contribution is 2.32. The predicted molar refractivity (Wildman–Crippen MR) is 56.3 cm³/mol. The van der Waals surface area contributed by atoms with E-state index in [4.69, 9.17) is 0 Å². The normalized spacial score (nSPS) is 11.8. The van der Waals surface area contributed by atoms with E-state index >= 15 is 0 Å². The molecule has 0 bridgehead atoms. The van der Waals surface area contributed by atoms with Gasteiger partial charge in [-0.2, -0.15) is 18.3 Å². The van der Waals surface area contributed by atoms with Crippen LogP contribution in [-0.2, 0) is 6.18 Å². The lowest BCUT2D eigenvalue weighted by Gasteiger charge is -2.07. The molecule has 0 amide bonds. The van der Waals surface area contributed by atoms with E-state index < -0.39 is 11.9 Å². The topological polar surface area (TPSA) is 41.6 Å². The third-order valence-corrected chi connectivity index (χ3v) is 2.47. The number of H-pyrrole nitrogens is 1. The van der Waals surface area contributed by atoms with Crippen molar-refractivity contribution in [1.29, 1.82) is 0 Å². The summed E-state index contributed by atoms with van der Waals surface area (Å²) in [6.45, 7) is 3.51. The zero-order valence-corrected chi connectivity index (χ0v) is 9.26. The molecule has 0 aliphatic heterocycles. The van der Waals surface area contributed by atoms with Crippen molar-refractivity contribution < 1.29 is 13.2 Å². The number of hydrogen-bond acceptors (Lipinski definition) is 2. The summed E-state index contributed by atoms with van der Waals surface area (Å²) in [4.78, 5) is 3.32. The number of nitrogens with zero attached hydrogens (tertiary/aromatic N) is 2. The highest BCUT2D eigenvalue weighted by atomic mass is 19.4. The van der Waals surface area contributed by atoms with Gasteiger partial charge in [0.15, 0.2) is 0 Å². The highest BCUT2D eigenvalue weighted by Gasteiger charge is 2.32. The van der Waals surface area contributed by atoms with Crippen LogP contribution in [-0.4, -0.2) is 15.2 Å². The number of nitrogens with one attached hydrogen (secondary N) is 1. The van der Waals surface area contributed by atoms with Crippen LogP contribution < -0.4 is 0 Å². The van der Waals surface area contributed by atoms with Crippen LogP contribution in [0.1, 0.15) is 17.1 Å². The molecule has 0 spiro atoms. The molecule has 0 radical (unpaired) electrons. The summed E-state index contributed by atoms with van der Waals surface area (Å²) < 4.78 is 37.6. The Kier molecular flexibility index (Phi) is 2.65. The fourth-order valence-electron chi connectivity index (χ4n) is 1.72. The summed E-state index contributed by atoms with van der Waals surface area (Å²) in [7, 11) is 0. The van der Waals surface area contributed by atoms with E-state index in [0.29, 0.717) is 16.8 Å². The molecule has 0 saturated carbocycles. The second-order valence-corrected chi connectivity index (χ2v) is 3.74. The minimum absolute atomic E-state index is 0.469. The van der Waals surface area contributed by atoms with Gasteiger partial charge in [0.25, 0.3) is 0 Å². The first-order valence-corrected chi connectivity index (χ1v) is 4.95. The molecule has 0 unspecified atom stereocenters. The SMILES string of the molecule is Cc1n[nH]c(C)c1-c1ccnc(C(F)(F)F)c1. The lowest BCUT2D eigenvalue weighted by Crippen LogP contribution is -2.07. The molecule has 2 heterocycles.